The SMILES string of the molecule is C[C@H]1C=C2C=C[C@H](C)C(CC[C@@H]3C[C@@H](O[Si](C)(C)C(C)(C)C)CC(=O)O3)[C@H]2[C@@H](OC(=O)NCCCOCCCNc2cccc3c2C(=O)N(C2CCC(=O)NC2=O)C3=O)C1. The number of imide groups is 2. The van der Waals surface area contributed by atoms with Crippen LogP contribution < -0.4 is 16.0 Å². The number of fused-ring (bicyclic) bond motifs is 2. The van der Waals surface area contributed by atoms with Crippen LogP contribution in [-0.4, -0.2) is 99.6 Å². The molecule has 0 saturated carbocycles. The smallest absolute Gasteiger partial charge is 0.407 e. The highest BCUT2D eigenvalue weighted by molar-refractivity contribution is 6.74. The summed E-state index contributed by atoms with van der Waals surface area (Å²) < 4.78 is 24.5. The molecule has 328 valence electrons. The number of ether oxygens (including phenoxy) is 3. The molecular formula is C45H64N4O10Si. The molecule has 2 aliphatic carbocycles. The van der Waals surface area contributed by atoms with Crippen molar-refractivity contribution in [3.63, 3.8) is 0 Å². The Balaban J connectivity index is 0.915. The molecule has 0 radical (unpaired) electrons. The van der Waals surface area contributed by atoms with Gasteiger partial charge in [0.2, 0.25) is 11.8 Å². The van der Waals surface area contributed by atoms with Crippen LogP contribution >= 0.6 is 0 Å². The number of hydrogen-bond acceptors (Lipinski definition) is 11. The van der Waals surface area contributed by atoms with Crippen molar-refractivity contribution in [1.29, 1.82) is 0 Å². The van der Waals surface area contributed by atoms with E-state index in [0.29, 0.717) is 57.7 Å². The fourth-order valence-electron chi connectivity index (χ4n) is 9.01. The molecule has 0 spiro atoms. The second kappa shape index (κ2) is 19.1. The number of alkyl carbamates (subject to hydrolysis) is 1. The summed E-state index contributed by atoms with van der Waals surface area (Å²) in [7, 11) is -2.04. The molecule has 3 heterocycles. The van der Waals surface area contributed by atoms with Crippen LogP contribution in [0.15, 0.2) is 42.0 Å². The molecule has 2 saturated heterocycles. The standard InChI is InChI=1S/C45H64N4O10Si/c1-27-23-29-14-13-28(2)32(16-15-30-25-31(26-38(51)57-30)59-60(6,7)45(3,4)5)39(29)36(24-27)58-44(55)47-20-10-22-56-21-9-19-46-34-12-8-11-33-40(34)43(54)49(42(33)53)35-17-18-37(50)48-41(35)52/h8,11-14,23,27-28,30-32,35-36,39,46H,9-10,15-22,24-26H2,1-7H3,(H,47,55)(H,48,50,52)/t27-,28-,30+,31+,32?,35?,36-,39-/m0/s1. The number of amides is 5. The van der Waals surface area contributed by atoms with Crippen LogP contribution in [0.1, 0.15) is 113 Å². The second-order valence-corrected chi connectivity index (χ2v) is 23.5. The first-order chi connectivity index (χ1) is 28.4. The zero-order chi connectivity index (χ0) is 43.4. The van der Waals surface area contributed by atoms with E-state index < -0.39 is 44.1 Å². The molecule has 15 heteroatoms. The summed E-state index contributed by atoms with van der Waals surface area (Å²) in [5, 5.41) is 8.40. The maximum absolute atomic E-state index is 13.3. The van der Waals surface area contributed by atoms with E-state index in [2.05, 4.69) is 81.9 Å². The van der Waals surface area contributed by atoms with E-state index in [1.54, 1.807) is 18.2 Å². The first kappa shape index (κ1) is 45.2. The molecule has 2 unspecified atom stereocenters. The summed E-state index contributed by atoms with van der Waals surface area (Å²) >= 11 is 0. The molecule has 3 N–H and O–H groups in total. The number of rotatable bonds is 16. The Bertz CT molecular complexity index is 1870. The Labute approximate surface area is 355 Å². The zero-order valence-electron chi connectivity index (χ0n) is 36.3. The van der Waals surface area contributed by atoms with E-state index in [4.69, 9.17) is 18.6 Å². The highest BCUT2D eigenvalue weighted by Crippen LogP contribution is 2.46. The average molecular weight is 849 g/mol. The minimum Gasteiger partial charge on any atom is -0.462 e. The first-order valence-electron chi connectivity index (χ1n) is 21.8. The van der Waals surface area contributed by atoms with Gasteiger partial charge in [-0.3, -0.25) is 34.2 Å². The van der Waals surface area contributed by atoms with Crippen molar-refractivity contribution >= 4 is 49.7 Å². The lowest BCUT2D eigenvalue weighted by Gasteiger charge is -2.44. The van der Waals surface area contributed by atoms with Gasteiger partial charge in [-0.25, -0.2) is 4.79 Å². The Morgan fingerprint density at radius 3 is 2.48 bits per heavy atom. The Hall–Kier alpha value is -4.34. The average Bonchev–Trinajstić information content (AvgIpc) is 3.42. The van der Waals surface area contributed by atoms with Gasteiger partial charge in [0.25, 0.3) is 11.8 Å². The Morgan fingerprint density at radius 2 is 1.75 bits per heavy atom. The van der Waals surface area contributed by atoms with Crippen molar-refractivity contribution in [2.75, 3.05) is 31.6 Å². The van der Waals surface area contributed by atoms with E-state index in [0.717, 1.165) is 24.2 Å². The van der Waals surface area contributed by atoms with Crippen molar-refractivity contribution in [3.8, 4) is 0 Å². The van der Waals surface area contributed by atoms with Crippen LogP contribution in [0.5, 0.6) is 0 Å². The maximum atomic E-state index is 13.3. The number of hydrogen-bond donors (Lipinski definition) is 3. The highest BCUT2D eigenvalue weighted by atomic mass is 28.4. The normalized spacial score (nSPS) is 28.1. The molecule has 0 bridgehead atoms. The summed E-state index contributed by atoms with van der Waals surface area (Å²) in [6, 6.07) is 3.95. The van der Waals surface area contributed by atoms with Crippen molar-refractivity contribution in [1.82, 2.24) is 15.5 Å². The lowest BCUT2D eigenvalue weighted by atomic mass is 9.65. The first-order valence-corrected chi connectivity index (χ1v) is 24.7. The number of carbonyl (C=O) groups is 6. The lowest BCUT2D eigenvalue weighted by molar-refractivity contribution is -0.160. The number of nitrogens with zero attached hydrogens (tertiary/aromatic N) is 1. The molecule has 0 aromatic heterocycles. The molecule has 14 nitrogen and oxygen atoms in total. The molecule has 1 aromatic rings. The van der Waals surface area contributed by atoms with Gasteiger partial charge in [-0.1, -0.05) is 58.9 Å². The molecule has 3 aliphatic heterocycles. The summed E-state index contributed by atoms with van der Waals surface area (Å²) in [6.07, 6.45) is 10.4. The number of benzene rings is 1. The number of carbonyl (C=O) groups excluding carboxylic acids is 6. The summed E-state index contributed by atoms with van der Waals surface area (Å²) in [5.41, 5.74) is 2.16. The minimum atomic E-state index is -2.04. The third-order valence-electron chi connectivity index (χ3n) is 13.1. The molecule has 6 rings (SSSR count). The van der Waals surface area contributed by atoms with Crippen LogP contribution in [0.3, 0.4) is 0 Å². The second-order valence-electron chi connectivity index (χ2n) is 18.7. The van der Waals surface area contributed by atoms with Crippen molar-refractivity contribution < 1.29 is 47.4 Å². The van der Waals surface area contributed by atoms with Gasteiger partial charge < -0.3 is 29.3 Å². The van der Waals surface area contributed by atoms with E-state index >= 15 is 0 Å². The van der Waals surface area contributed by atoms with Gasteiger partial charge in [0, 0.05) is 50.8 Å². The molecule has 5 amide bonds. The summed E-state index contributed by atoms with van der Waals surface area (Å²) in [5.74, 6) is -1.53. The van der Waals surface area contributed by atoms with Crippen LogP contribution in [0.4, 0.5) is 10.5 Å². The number of cyclic esters (lactones) is 1. The van der Waals surface area contributed by atoms with Gasteiger partial charge in [-0.2, -0.15) is 0 Å². The van der Waals surface area contributed by atoms with E-state index in [1.807, 2.05) is 0 Å². The molecule has 1 aromatic carbocycles. The molecule has 5 aliphatic rings. The molecule has 2 fully saturated rings. The largest absolute Gasteiger partial charge is 0.462 e. The van der Waals surface area contributed by atoms with Crippen molar-refractivity contribution in [2.24, 2.45) is 23.7 Å². The van der Waals surface area contributed by atoms with Crippen LogP contribution in [0.25, 0.3) is 0 Å². The van der Waals surface area contributed by atoms with E-state index in [-0.39, 0.29) is 77.0 Å². The fraction of sp³-hybridized carbons (Fsp3) is 0.644. The quantitative estimate of drug-likeness (QED) is 0.0701. The topological polar surface area (TPSA) is 179 Å². The number of anilines is 1. The third-order valence-corrected chi connectivity index (χ3v) is 17.7. The zero-order valence-corrected chi connectivity index (χ0v) is 37.3. The number of piperidine rings is 1. The van der Waals surface area contributed by atoms with Crippen LogP contribution in [0, 0.1) is 23.7 Å². The number of allylic oxidation sites excluding steroid dienone is 3. The fourth-order valence-corrected chi connectivity index (χ4v) is 10.4. The van der Waals surface area contributed by atoms with Gasteiger partial charge in [0.05, 0.1) is 23.7 Å². The predicted molar refractivity (Wildman–Crippen MR) is 227 cm³/mol. The lowest BCUT2D eigenvalue weighted by Crippen LogP contribution is -2.54. The Morgan fingerprint density at radius 1 is 1.00 bits per heavy atom. The van der Waals surface area contributed by atoms with Gasteiger partial charge in [0.1, 0.15) is 18.2 Å². The van der Waals surface area contributed by atoms with Gasteiger partial charge in [0.15, 0.2) is 8.32 Å². The highest BCUT2D eigenvalue weighted by Gasteiger charge is 2.46. The van der Waals surface area contributed by atoms with Crippen LogP contribution in [-0.2, 0) is 33.0 Å². The summed E-state index contributed by atoms with van der Waals surface area (Å²) in [6.45, 7) is 17.2. The van der Waals surface area contributed by atoms with Crippen molar-refractivity contribution in [3.05, 3.63) is 53.1 Å². The third kappa shape index (κ3) is 10.6. The van der Waals surface area contributed by atoms with Crippen LogP contribution in [0.2, 0.25) is 18.1 Å². The molecule has 8 atom stereocenters. The monoisotopic (exact) mass is 848 g/mol. The number of nitrogens with one attached hydrogen (secondary N) is 3. The molecule has 60 heavy (non-hydrogen) atoms. The van der Waals surface area contributed by atoms with Gasteiger partial charge in [-0.05, 0) is 92.1 Å². The minimum absolute atomic E-state index is 0.0539. The van der Waals surface area contributed by atoms with Gasteiger partial charge >= 0.3 is 12.1 Å². The van der Waals surface area contributed by atoms with E-state index in [9.17, 15) is 28.8 Å². The summed E-state index contributed by atoms with van der Waals surface area (Å²) in [4.78, 5) is 77.2. The Kier molecular flexibility index (Phi) is 14.4. The van der Waals surface area contributed by atoms with E-state index in [1.165, 1.54) is 5.57 Å². The van der Waals surface area contributed by atoms with Crippen molar-refractivity contribution in [2.45, 2.75) is 135 Å². The maximum Gasteiger partial charge on any atom is 0.407 e. The molecular weight excluding hydrogens is 785 g/mol. The number of esters is 1. The van der Waals surface area contributed by atoms with Gasteiger partial charge in [-0.15, -0.1) is 0 Å². The predicted octanol–water partition coefficient (Wildman–Crippen LogP) is 6.67.